The average Bonchev–Trinajstić information content (AvgIpc) is 2.56. The van der Waals surface area contributed by atoms with Crippen molar-refractivity contribution in [2.24, 2.45) is 0 Å². The Balaban J connectivity index is 2.04. The quantitative estimate of drug-likeness (QED) is 0.586. The van der Waals surface area contributed by atoms with Crippen LogP contribution in [0.3, 0.4) is 0 Å². The van der Waals surface area contributed by atoms with Crippen molar-refractivity contribution < 1.29 is 9.50 Å². The zero-order valence-corrected chi connectivity index (χ0v) is 12.3. The van der Waals surface area contributed by atoms with Crippen LogP contribution in [-0.4, -0.2) is 14.8 Å². The monoisotopic (exact) mass is 313 g/mol. The highest BCUT2D eigenvalue weighted by atomic mass is 19.1. The number of aliphatic hydroxyl groups is 1. The number of hydrogen-bond donors (Lipinski definition) is 4. The summed E-state index contributed by atoms with van der Waals surface area (Å²) in [6.07, 6.45) is 0. The zero-order chi connectivity index (χ0) is 16.4. The molecule has 5 N–H and O–H groups in total. The third-order valence-electron chi connectivity index (χ3n) is 3.56. The number of anilines is 1. The first-order chi connectivity index (χ1) is 11.1. The molecule has 0 amide bonds. The second-order valence-electron chi connectivity index (χ2n) is 5.09. The SMILES string of the molecule is N=c1c(N)nc2cc(CO)ccc2n1NCc1ccccc1F. The number of nitrogens with zero attached hydrogens (tertiary/aromatic N) is 2. The first-order valence-corrected chi connectivity index (χ1v) is 7.04. The number of benzene rings is 2. The number of halogens is 1. The van der Waals surface area contributed by atoms with Gasteiger partial charge >= 0.3 is 0 Å². The van der Waals surface area contributed by atoms with E-state index in [4.69, 9.17) is 11.1 Å². The van der Waals surface area contributed by atoms with E-state index in [0.29, 0.717) is 22.2 Å². The Morgan fingerprint density at radius 3 is 2.78 bits per heavy atom. The van der Waals surface area contributed by atoms with E-state index < -0.39 is 0 Å². The van der Waals surface area contributed by atoms with E-state index in [1.54, 1.807) is 36.4 Å². The third kappa shape index (κ3) is 2.86. The van der Waals surface area contributed by atoms with Gasteiger partial charge in [-0.2, -0.15) is 0 Å². The highest BCUT2D eigenvalue weighted by Crippen LogP contribution is 2.14. The summed E-state index contributed by atoms with van der Waals surface area (Å²) in [7, 11) is 0. The maximum absolute atomic E-state index is 13.7. The van der Waals surface area contributed by atoms with E-state index in [1.807, 2.05) is 0 Å². The molecule has 0 spiro atoms. The molecule has 0 radical (unpaired) electrons. The molecule has 0 saturated carbocycles. The van der Waals surface area contributed by atoms with Gasteiger partial charge in [0, 0.05) is 5.56 Å². The van der Waals surface area contributed by atoms with Gasteiger partial charge < -0.3 is 16.3 Å². The molecule has 0 atom stereocenters. The van der Waals surface area contributed by atoms with Crippen molar-refractivity contribution in [3.63, 3.8) is 0 Å². The first-order valence-electron chi connectivity index (χ1n) is 7.04. The van der Waals surface area contributed by atoms with Crippen molar-refractivity contribution in [3.05, 3.63) is 64.9 Å². The number of nitrogens with one attached hydrogen (secondary N) is 2. The van der Waals surface area contributed by atoms with Crippen LogP contribution in [0.4, 0.5) is 10.2 Å². The smallest absolute Gasteiger partial charge is 0.187 e. The summed E-state index contributed by atoms with van der Waals surface area (Å²) >= 11 is 0. The lowest BCUT2D eigenvalue weighted by Crippen LogP contribution is -2.32. The van der Waals surface area contributed by atoms with Crippen LogP contribution in [0.25, 0.3) is 11.0 Å². The molecular formula is C16H16FN5O. The molecule has 7 heteroatoms. The first kappa shape index (κ1) is 15.0. The summed E-state index contributed by atoms with van der Waals surface area (Å²) < 4.78 is 15.2. The van der Waals surface area contributed by atoms with E-state index in [2.05, 4.69) is 10.4 Å². The van der Waals surface area contributed by atoms with Crippen molar-refractivity contribution in [2.45, 2.75) is 13.2 Å². The molecule has 1 heterocycles. The van der Waals surface area contributed by atoms with E-state index in [-0.39, 0.29) is 30.3 Å². The maximum Gasteiger partial charge on any atom is 0.187 e. The van der Waals surface area contributed by atoms with Crippen LogP contribution in [0.5, 0.6) is 0 Å². The number of hydrogen-bond acceptors (Lipinski definition) is 5. The van der Waals surface area contributed by atoms with Crippen LogP contribution >= 0.6 is 0 Å². The Kier molecular flexibility index (Phi) is 3.94. The molecule has 0 unspecified atom stereocenters. The van der Waals surface area contributed by atoms with E-state index in [0.717, 1.165) is 0 Å². The minimum atomic E-state index is -0.318. The molecule has 6 nitrogen and oxygen atoms in total. The molecule has 3 rings (SSSR count). The van der Waals surface area contributed by atoms with Crippen LogP contribution in [0, 0.1) is 11.2 Å². The number of nitrogen functional groups attached to an aromatic ring is 1. The molecule has 118 valence electrons. The Hall–Kier alpha value is -2.93. The van der Waals surface area contributed by atoms with Gasteiger partial charge in [-0.05, 0) is 23.8 Å². The molecule has 0 saturated heterocycles. The summed E-state index contributed by atoms with van der Waals surface area (Å²) in [4.78, 5) is 4.16. The molecule has 0 aliphatic rings. The van der Waals surface area contributed by atoms with Gasteiger partial charge in [0.2, 0.25) is 0 Å². The molecule has 3 aromatic rings. The predicted molar refractivity (Wildman–Crippen MR) is 85.4 cm³/mol. The van der Waals surface area contributed by atoms with Crippen LogP contribution in [0.1, 0.15) is 11.1 Å². The third-order valence-corrected chi connectivity index (χ3v) is 3.56. The average molecular weight is 313 g/mol. The largest absolute Gasteiger partial charge is 0.392 e. The van der Waals surface area contributed by atoms with Gasteiger partial charge in [0.1, 0.15) is 5.82 Å². The van der Waals surface area contributed by atoms with Gasteiger partial charge in [-0.1, -0.05) is 24.3 Å². The summed E-state index contributed by atoms with van der Waals surface area (Å²) in [5.41, 5.74) is 11.1. The topological polar surface area (TPSA) is 100.0 Å². The molecule has 1 aromatic heterocycles. The molecule has 0 aliphatic carbocycles. The molecule has 23 heavy (non-hydrogen) atoms. The molecule has 0 bridgehead atoms. The fourth-order valence-corrected chi connectivity index (χ4v) is 2.33. The van der Waals surface area contributed by atoms with E-state index in [1.165, 1.54) is 10.7 Å². The van der Waals surface area contributed by atoms with Gasteiger partial charge in [-0.15, -0.1) is 0 Å². The fourth-order valence-electron chi connectivity index (χ4n) is 2.33. The Morgan fingerprint density at radius 2 is 2.04 bits per heavy atom. The lowest BCUT2D eigenvalue weighted by Gasteiger charge is -2.15. The van der Waals surface area contributed by atoms with Crippen molar-refractivity contribution in [1.82, 2.24) is 9.66 Å². The van der Waals surface area contributed by atoms with Crippen molar-refractivity contribution >= 4 is 16.9 Å². The van der Waals surface area contributed by atoms with Gasteiger partial charge in [0.15, 0.2) is 11.3 Å². The maximum atomic E-state index is 13.7. The van der Waals surface area contributed by atoms with E-state index >= 15 is 0 Å². The summed E-state index contributed by atoms with van der Waals surface area (Å²) in [5, 5.41) is 17.3. The molecular weight excluding hydrogens is 297 g/mol. The van der Waals surface area contributed by atoms with Gasteiger partial charge in [0.05, 0.1) is 24.2 Å². The summed E-state index contributed by atoms with van der Waals surface area (Å²) in [6.45, 7) is 0.0896. The normalized spacial score (nSPS) is 10.9. The summed E-state index contributed by atoms with van der Waals surface area (Å²) in [5.74, 6) is -0.269. The minimum Gasteiger partial charge on any atom is -0.392 e. The fraction of sp³-hybridized carbons (Fsp3) is 0.125. The van der Waals surface area contributed by atoms with E-state index in [9.17, 15) is 9.50 Å². The Labute approximate surface area is 131 Å². The van der Waals surface area contributed by atoms with Crippen LogP contribution in [0.2, 0.25) is 0 Å². The van der Waals surface area contributed by atoms with Crippen molar-refractivity contribution in [3.8, 4) is 0 Å². The predicted octanol–water partition coefficient (Wildman–Crippen LogP) is 1.47. The second-order valence-corrected chi connectivity index (χ2v) is 5.09. The van der Waals surface area contributed by atoms with Crippen LogP contribution in [-0.2, 0) is 13.2 Å². The van der Waals surface area contributed by atoms with Gasteiger partial charge in [-0.3, -0.25) is 5.41 Å². The summed E-state index contributed by atoms with van der Waals surface area (Å²) in [6, 6.07) is 11.6. The minimum absolute atomic E-state index is 0.00872. The molecule has 0 aliphatic heterocycles. The molecule has 0 fully saturated rings. The van der Waals surface area contributed by atoms with Crippen LogP contribution in [0.15, 0.2) is 42.5 Å². The van der Waals surface area contributed by atoms with Gasteiger partial charge in [0.25, 0.3) is 0 Å². The van der Waals surface area contributed by atoms with Crippen molar-refractivity contribution in [1.29, 1.82) is 5.41 Å². The van der Waals surface area contributed by atoms with Crippen molar-refractivity contribution in [2.75, 3.05) is 11.2 Å². The number of rotatable bonds is 4. The Morgan fingerprint density at radius 1 is 1.26 bits per heavy atom. The highest BCUT2D eigenvalue weighted by molar-refractivity contribution is 5.77. The number of aliphatic hydroxyl groups excluding tert-OH is 1. The number of fused-ring (bicyclic) bond motifs is 1. The highest BCUT2D eigenvalue weighted by Gasteiger charge is 2.08. The lowest BCUT2D eigenvalue weighted by atomic mass is 10.2. The van der Waals surface area contributed by atoms with Gasteiger partial charge in [-0.25, -0.2) is 14.1 Å². The van der Waals surface area contributed by atoms with Crippen LogP contribution < -0.4 is 16.6 Å². The standard InChI is InChI=1S/C16H16FN5O/c17-12-4-2-1-3-11(12)8-20-22-14-6-5-10(9-23)7-13(14)21-15(18)16(22)19/h1-7,19-20,23H,8-9H2,(H2,18,21). The zero-order valence-electron chi connectivity index (χ0n) is 12.3. The second kappa shape index (κ2) is 6.05. The number of aromatic nitrogens is 2. The lowest BCUT2D eigenvalue weighted by molar-refractivity contribution is 0.282. The number of nitrogens with two attached hydrogens (primary N) is 1. The Bertz CT molecular complexity index is 922. The molecule has 2 aromatic carbocycles.